The second-order valence-electron chi connectivity index (χ2n) is 1.73. The van der Waals surface area contributed by atoms with Crippen LogP contribution in [0.3, 0.4) is 0 Å². The number of carbonyl (C=O) groups is 2. The lowest BCUT2D eigenvalue weighted by atomic mass is 10.3. The topological polar surface area (TPSA) is 43.4 Å². The van der Waals surface area contributed by atoms with Crippen molar-refractivity contribution in [2.75, 3.05) is 0 Å². The van der Waals surface area contributed by atoms with Crippen LogP contribution in [0.15, 0.2) is 12.2 Å². The average Bonchev–Trinajstić information content (AvgIpc) is 1.93. The maximum absolute atomic E-state index is 10.4. The molecule has 0 amide bonds. The molecule has 3 nitrogen and oxygen atoms in total. The van der Waals surface area contributed by atoms with Crippen LogP contribution in [0.2, 0.25) is 0 Å². The summed E-state index contributed by atoms with van der Waals surface area (Å²) >= 11 is 0. The molecule has 0 saturated heterocycles. The molecule has 9 heavy (non-hydrogen) atoms. The summed E-state index contributed by atoms with van der Waals surface area (Å²) in [5.74, 6) is -0.998. The average molecular weight is 126 g/mol. The molecule has 0 saturated carbocycles. The first kappa shape index (κ1) is 6.01. The molecule has 0 radical (unpaired) electrons. The molecule has 48 valence electrons. The molecule has 0 aromatic carbocycles. The van der Waals surface area contributed by atoms with Gasteiger partial charge in [-0.2, -0.15) is 0 Å². The molecular weight excluding hydrogens is 120 g/mol. The van der Waals surface area contributed by atoms with E-state index in [9.17, 15) is 9.59 Å². The van der Waals surface area contributed by atoms with Crippen molar-refractivity contribution in [2.45, 2.75) is 12.8 Å². The molecule has 3 heteroatoms. The predicted octanol–water partition coefficient (Wildman–Crippen LogP) is 0.406. The first-order chi connectivity index (χ1) is 4.29. The van der Waals surface area contributed by atoms with Gasteiger partial charge in [-0.15, -0.1) is 0 Å². The number of hydrogen-bond donors (Lipinski definition) is 0. The highest BCUT2D eigenvalue weighted by molar-refractivity contribution is 5.93. The Morgan fingerprint density at radius 2 is 2.22 bits per heavy atom. The number of cyclic esters (lactones) is 2. The lowest BCUT2D eigenvalue weighted by Gasteiger charge is -1.91. The molecular formula is C6H6O3. The van der Waals surface area contributed by atoms with Gasteiger partial charge in [0, 0.05) is 12.5 Å². The molecule has 0 aromatic heterocycles. The maximum atomic E-state index is 10.4. The minimum Gasteiger partial charge on any atom is -0.390 e. The third kappa shape index (κ3) is 1.68. The first-order valence-electron chi connectivity index (χ1n) is 2.70. The van der Waals surface area contributed by atoms with Crippen LogP contribution in [0.1, 0.15) is 12.8 Å². The van der Waals surface area contributed by atoms with E-state index in [2.05, 4.69) is 4.74 Å². The Morgan fingerprint density at radius 1 is 1.44 bits per heavy atom. The van der Waals surface area contributed by atoms with Crippen molar-refractivity contribution < 1.29 is 14.3 Å². The van der Waals surface area contributed by atoms with Gasteiger partial charge < -0.3 is 4.74 Å². The molecule has 0 aliphatic carbocycles. The predicted molar refractivity (Wildman–Crippen MR) is 29.5 cm³/mol. The standard InChI is InChI=1S/C6H6O3/c7-5-3-1-2-4-6(8)9-5/h1,3H,2,4H2. The van der Waals surface area contributed by atoms with E-state index in [1.807, 2.05) is 0 Å². The number of carbonyl (C=O) groups excluding carboxylic acids is 2. The third-order valence-corrected chi connectivity index (χ3v) is 0.983. The van der Waals surface area contributed by atoms with Crippen molar-refractivity contribution in [1.82, 2.24) is 0 Å². The van der Waals surface area contributed by atoms with Crippen LogP contribution in [0.4, 0.5) is 0 Å². The van der Waals surface area contributed by atoms with Gasteiger partial charge in [-0.05, 0) is 6.42 Å². The summed E-state index contributed by atoms with van der Waals surface area (Å²) in [6.07, 6.45) is 3.81. The van der Waals surface area contributed by atoms with Crippen LogP contribution >= 0.6 is 0 Å². The summed E-state index contributed by atoms with van der Waals surface area (Å²) in [5.41, 5.74) is 0. The molecule has 0 spiro atoms. The van der Waals surface area contributed by atoms with Crippen molar-refractivity contribution in [3.63, 3.8) is 0 Å². The Morgan fingerprint density at radius 3 is 3.00 bits per heavy atom. The molecule has 1 aliphatic heterocycles. The summed E-state index contributed by atoms with van der Waals surface area (Å²) in [5, 5.41) is 0. The molecule has 0 N–H and O–H groups in total. The summed E-state index contributed by atoms with van der Waals surface area (Å²) in [6, 6.07) is 0. The Kier molecular flexibility index (Phi) is 1.63. The highest BCUT2D eigenvalue weighted by atomic mass is 16.6. The normalized spacial score (nSPS) is 19.1. The third-order valence-electron chi connectivity index (χ3n) is 0.983. The van der Waals surface area contributed by atoms with Crippen molar-refractivity contribution in [2.24, 2.45) is 0 Å². The fourth-order valence-corrected chi connectivity index (χ4v) is 0.578. The second kappa shape index (κ2) is 2.44. The van der Waals surface area contributed by atoms with Crippen LogP contribution in [-0.4, -0.2) is 11.9 Å². The number of rotatable bonds is 0. The fraction of sp³-hybridized carbons (Fsp3) is 0.333. The summed E-state index contributed by atoms with van der Waals surface area (Å²) in [4.78, 5) is 20.8. The number of esters is 2. The second-order valence-corrected chi connectivity index (χ2v) is 1.73. The summed E-state index contributed by atoms with van der Waals surface area (Å²) in [6.45, 7) is 0. The lowest BCUT2D eigenvalue weighted by molar-refractivity contribution is -0.155. The summed E-state index contributed by atoms with van der Waals surface area (Å²) in [7, 11) is 0. The van der Waals surface area contributed by atoms with E-state index in [1.165, 1.54) is 6.08 Å². The van der Waals surface area contributed by atoms with Crippen LogP contribution in [-0.2, 0) is 14.3 Å². The zero-order valence-corrected chi connectivity index (χ0v) is 4.79. The summed E-state index contributed by atoms with van der Waals surface area (Å²) < 4.78 is 4.25. The molecule has 1 aliphatic rings. The first-order valence-corrected chi connectivity index (χ1v) is 2.70. The molecule has 0 fully saturated rings. The highest BCUT2D eigenvalue weighted by Gasteiger charge is 2.08. The van der Waals surface area contributed by atoms with E-state index in [0.29, 0.717) is 12.8 Å². The largest absolute Gasteiger partial charge is 0.390 e. The monoisotopic (exact) mass is 126 g/mol. The molecule has 0 atom stereocenters. The number of ether oxygens (including phenoxy) is 1. The van der Waals surface area contributed by atoms with Gasteiger partial charge in [0.2, 0.25) is 0 Å². The van der Waals surface area contributed by atoms with Gasteiger partial charge in [-0.25, -0.2) is 4.79 Å². The van der Waals surface area contributed by atoms with Crippen molar-refractivity contribution in [3.05, 3.63) is 12.2 Å². The van der Waals surface area contributed by atoms with Crippen LogP contribution < -0.4 is 0 Å². The van der Waals surface area contributed by atoms with E-state index >= 15 is 0 Å². The van der Waals surface area contributed by atoms with E-state index in [4.69, 9.17) is 0 Å². The van der Waals surface area contributed by atoms with Crippen LogP contribution in [0.25, 0.3) is 0 Å². The van der Waals surface area contributed by atoms with Crippen LogP contribution in [0, 0.1) is 0 Å². The van der Waals surface area contributed by atoms with Gasteiger partial charge in [0.25, 0.3) is 0 Å². The Hall–Kier alpha value is -1.12. The van der Waals surface area contributed by atoms with E-state index in [-0.39, 0.29) is 0 Å². The van der Waals surface area contributed by atoms with E-state index in [1.54, 1.807) is 6.08 Å². The highest BCUT2D eigenvalue weighted by Crippen LogP contribution is 2.00. The van der Waals surface area contributed by atoms with E-state index < -0.39 is 11.9 Å². The van der Waals surface area contributed by atoms with Gasteiger partial charge >= 0.3 is 11.9 Å². The zero-order valence-electron chi connectivity index (χ0n) is 4.79. The minimum atomic E-state index is -0.558. The molecule has 0 bridgehead atoms. The Bertz CT molecular complexity index is 169. The van der Waals surface area contributed by atoms with Gasteiger partial charge in [0.05, 0.1) is 0 Å². The quantitative estimate of drug-likeness (QED) is 0.348. The zero-order chi connectivity index (χ0) is 6.69. The maximum Gasteiger partial charge on any atom is 0.338 e. The molecule has 0 aromatic rings. The molecule has 1 rings (SSSR count). The molecule has 1 heterocycles. The number of allylic oxidation sites excluding steroid dienone is 1. The van der Waals surface area contributed by atoms with Crippen molar-refractivity contribution in [3.8, 4) is 0 Å². The minimum absolute atomic E-state index is 0.308. The van der Waals surface area contributed by atoms with Crippen molar-refractivity contribution in [1.29, 1.82) is 0 Å². The SMILES string of the molecule is O=C1C=CCCC(=O)O1. The van der Waals surface area contributed by atoms with Gasteiger partial charge in [0.1, 0.15) is 0 Å². The smallest absolute Gasteiger partial charge is 0.338 e. The van der Waals surface area contributed by atoms with Gasteiger partial charge in [0.15, 0.2) is 0 Å². The van der Waals surface area contributed by atoms with E-state index in [0.717, 1.165) is 0 Å². The fourth-order valence-electron chi connectivity index (χ4n) is 0.578. The Labute approximate surface area is 52.3 Å². The number of hydrogen-bond acceptors (Lipinski definition) is 3. The van der Waals surface area contributed by atoms with Crippen LogP contribution in [0.5, 0.6) is 0 Å². The lowest BCUT2D eigenvalue weighted by Crippen LogP contribution is -2.06. The molecule has 0 unspecified atom stereocenters. The van der Waals surface area contributed by atoms with Gasteiger partial charge in [-0.3, -0.25) is 4.79 Å². The van der Waals surface area contributed by atoms with Gasteiger partial charge in [-0.1, -0.05) is 6.08 Å². The van der Waals surface area contributed by atoms with Crippen molar-refractivity contribution >= 4 is 11.9 Å². The Balaban J connectivity index is 2.61.